The number of hydrogen-bond donors (Lipinski definition) is 1. The highest BCUT2D eigenvalue weighted by molar-refractivity contribution is 7.99. The molecule has 2 heterocycles. The van der Waals surface area contributed by atoms with Crippen molar-refractivity contribution < 1.29 is 4.79 Å². The zero-order chi connectivity index (χ0) is 19.1. The molecule has 1 amide bonds. The summed E-state index contributed by atoms with van der Waals surface area (Å²) in [6.07, 6.45) is 11.8. The number of unbranched alkanes of at least 4 members (excludes halogenated alkanes) is 3. The molecule has 0 spiro atoms. The molecule has 0 aliphatic heterocycles. The Labute approximate surface area is 165 Å². The maximum atomic E-state index is 12.3. The first-order valence-corrected chi connectivity index (χ1v) is 10.9. The van der Waals surface area contributed by atoms with Gasteiger partial charge in [0.15, 0.2) is 11.0 Å². The number of hydrogen-bond acceptors (Lipinski definition) is 5. The quantitative estimate of drug-likeness (QED) is 0.461. The summed E-state index contributed by atoms with van der Waals surface area (Å²) in [6, 6.07) is 4.57. The number of nitrogens with one attached hydrogen (secondary N) is 1. The third-order valence-corrected chi connectivity index (χ3v) is 5.67. The molecule has 1 aliphatic rings. The minimum absolute atomic E-state index is 0.0660. The predicted molar refractivity (Wildman–Crippen MR) is 109 cm³/mol. The summed E-state index contributed by atoms with van der Waals surface area (Å²) in [7, 11) is 0. The van der Waals surface area contributed by atoms with Crippen molar-refractivity contribution in [1.29, 1.82) is 0 Å². The predicted octanol–water partition coefficient (Wildman–Crippen LogP) is 4.24. The first-order chi connectivity index (χ1) is 13.2. The van der Waals surface area contributed by atoms with Crippen molar-refractivity contribution in [3.63, 3.8) is 0 Å². The third-order valence-electron chi connectivity index (χ3n) is 4.73. The van der Waals surface area contributed by atoms with Gasteiger partial charge in [-0.2, -0.15) is 0 Å². The fraction of sp³-hybridized carbons (Fsp3) is 0.600. The van der Waals surface area contributed by atoms with Gasteiger partial charge < -0.3 is 5.32 Å². The average molecular weight is 388 g/mol. The lowest BCUT2D eigenvalue weighted by Crippen LogP contribution is -2.33. The van der Waals surface area contributed by atoms with Crippen LogP contribution in [0.2, 0.25) is 0 Å². The molecule has 27 heavy (non-hydrogen) atoms. The van der Waals surface area contributed by atoms with Crippen LogP contribution in [0.3, 0.4) is 0 Å². The topological polar surface area (TPSA) is 72.7 Å². The van der Waals surface area contributed by atoms with Crippen LogP contribution in [-0.2, 0) is 4.79 Å². The SMILES string of the molecule is CCCCCC[C@H](C)NC(=O)CSc1nnc(-c2cccnc2)n1C1CC1. The number of rotatable bonds is 11. The fourth-order valence-electron chi connectivity index (χ4n) is 3.13. The van der Waals surface area contributed by atoms with Crippen LogP contribution in [0.5, 0.6) is 0 Å². The van der Waals surface area contributed by atoms with Gasteiger partial charge in [-0.3, -0.25) is 14.3 Å². The number of aromatic nitrogens is 4. The summed E-state index contributed by atoms with van der Waals surface area (Å²) >= 11 is 1.47. The second-order valence-electron chi connectivity index (χ2n) is 7.26. The minimum Gasteiger partial charge on any atom is -0.353 e. The summed E-state index contributed by atoms with van der Waals surface area (Å²) in [6.45, 7) is 4.30. The molecule has 0 saturated heterocycles. The van der Waals surface area contributed by atoms with E-state index >= 15 is 0 Å². The molecular formula is C20H29N5OS. The molecule has 3 rings (SSSR count). The molecule has 1 atom stereocenters. The van der Waals surface area contributed by atoms with Gasteiger partial charge in [-0.1, -0.05) is 44.4 Å². The van der Waals surface area contributed by atoms with Crippen molar-refractivity contribution in [2.24, 2.45) is 0 Å². The molecule has 2 aromatic heterocycles. The molecule has 6 nitrogen and oxygen atoms in total. The highest BCUT2D eigenvalue weighted by atomic mass is 32.2. The lowest BCUT2D eigenvalue weighted by molar-refractivity contribution is -0.119. The monoisotopic (exact) mass is 387 g/mol. The van der Waals surface area contributed by atoms with Crippen molar-refractivity contribution in [2.75, 3.05) is 5.75 Å². The van der Waals surface area contributed by atoms with E-state index in [1.54, 1.807) is 6.20 Å². The zero-order valence-electron chi connectivity index (χ0n) is 16.2. The van der Waals surface area contributed by atoms with Gasteiger partial charge in [0.05, 0.1) is 5.75 Å². The Hall–Kier alpha value is -1.89. The van der Waals surface area contributed by atoms with Gasteiger partial charge in [0.25, 0.3) is 0 Å². The van der Waals surface area contributed by atoms with Crippen LogP contribution in [0.4, 0.5) is 0 Å². The summed E-state index contributed by atoms with van der Waals surface area (Å²) in [5.74, 6) is 1.28. The maximum Gasteiger partial charge on any atom is 0.230 e. The lowest BCUT2D eigenvalue weighted by atomic mass is 10.1. The highest BCUT2D eigenvalue weighted by Gasteiger charge is 2.30. The van der Waals surface area contributed by atoms with E-state index in [0.717, 1.165) is 35.8 Å². The maximum absolute atomic E-state index is 12.3. The van der Waals surface area contributed by atoms with Crippen LogP contribution in [0.25, 0.3) is 11.4 Å². The Morgan fingerprint density at radius 2 is 2.19 bits per heavy atom. The Kier molecular flexibility index (Phi) is 7.26. The molecule has 1 saturated carbocycles. The Morgan fingerprint density at radius 1 is 1.33 bits per heavy atom. The molecule has 0 unspecified atom stereocenters. The average Bonchev–Trinajstić information content (AvgIpc) is 3.43. The molecular weight excluding hydrogens is 358 g/mol. The third kappa shape index (κ3) is 5.79. The highest BCUT2D eigenvalue weighted by Crippen LogP contribution is 2.40. The van der Waals surface area contributed by atoms with Crippen LogP contribution >= 0.6 is 11.8 Å². The molecule has 1 fully saturated rings. The number of pyridine rings is 1. The Bertz CT molecular complexity index is 729. The van der Waals surface area contributed by atoms with Crippen LogP contribution in [-0.4, -0.2) is 37.5 Å². The van der Waals surface area contributed by atoms with Gasteiger partial charge in [0.1, 0.15) is 0 Å². The largest absolute Gasteiger partial charge is 0.353 e. The fourth-order valence-corrected chi connectivity index (χ4v) is 3.94. The summed E-state index contributed by atoms with van der Waals surface area (Å²) < 4.78 is 2.17. The van der Waals surface area contributed by atoms with Crippen molar-refractivity contribution in [2.45, 2.75) is 76.0 Å². The number of nitrogens with zero attached hydrogens (tertiary/aromatic N) is 4. The van der Waals surface area contributed by atoms with Gasteiger partial charge in [0, 0.05) is 30.0 Å². The second-order valence-corrected chi connectivity index (χ2v) is 8.20. The molecule has 1 aliphatic carbocycles. The summed E-state index contributed by atoms with van der Waals surface area (Å²) in [5, 5.41) is 12.6. The van der Waals surface area contributed by atoms with Gasteiger partial charge in [-0.15, -0.1) is 10.2 Å². The smallest absolute Gasteiger partial charge is 0.230 e. The summed E-state index contributed by atoms with van der Waals surface area (Å²) in [4.78, 5) is 16.5. The van der Waals surface area contributed by atoms with E-state index < -0.39 is 0 Å². The van der Waals surface area contributed by atoms with E-state index in [2.05, 4.69) is 38.9 Å². The Balaban J connectivity index is 1.54. The van der Waals surface area contributed by atoms with Crippen molar-refractivity contribution in [3.8, 4) is 11.4 Å². The van der Waals surface area contributed by atoms with E-state index in [1.807, 2.05) is 18.3 Å². The molecule has 7 heteroatoms. The lowest BCUT2D eigenvalue weighted by Gasteiger charge is -2.14. The van der Waals surface area contributed by atoms with Crippen molar-refractivity contribution >= 4 is 17.7 Å². The van der Waals surface area contributed by atoms with E-state index in [4.69, 9.17) is 0 Å². The van der Waals surface area contributed by atoms with E-state index in [9.17, 15) is 4.79 Å². The van der Waals surface area contributed by atoms with Gasteiger partial charge in [-0.25, -0.2) is 0 Å². The van der Waals surface area contributed by atoms with Crippen LogP contribution in [0.15, 0.2) is 29.7 Å². The normalized spacial score (nSPS) is 14.9. The van der Waals surface area contributed by atoms with Crippen molar-refractivity contribution in [3.05, 3.63) is 24.5 Å². The summed E-state index contributed by atoms with van der Waals surface area (Å²) in [5.41, 5.74) is 0.967. The first-order valence-electron chi connectivity index (χ1n) is 9.96. The molecule has 0 aromatic carbocycles. The number of carbonyl (C=O) groups excluding carboxylic acids is 1. The van der Waals surface area contributed by atoms with Crippen molar-refractivity contribution in [1.82, 2.24) is 25.1 Å². The molecule has 2 aromatic rings. The van der Waals surface area contributed by atoms with Gasteiger partial charge >= 0.3 is 0 Å². The number of carbonyl (C=O) groups is 1. The van der Waals surface area contributed by atoms with E-state index in [1.165, 1.54) is 37.4 Å². The minimum atomic E-state index is 0.0660. The van der Waals surface area contributed by atoms with Crippen LogP contribution in [0, 0.1) is 0 Å². The van der Waals surface area contributed by atoms with Crippen LogP contribution < -0.4 is 5.32 Å². The van der Waals surface area contributed by atoms with E-state index in [-0.39, 0.29) is 11.9 Å². The number of thioether (sulfide) groups is 1. The zero-order valence-corrected chi connectivity index (χ0v) is 17.0. The second kappa shape index (κ2) is 9.88. The molecule has 146 valence electrons. The van der Waals surface area contributed by atoms with E-state index in [0.29, 0.717) is 11.8 Å². The standard InChI is InChI=1S/C20H29N5OS/c1-3-4-5-6-8-15(2)22-18(26)14-27-20-24-23-19(25(20)17-10-11-17)16-9-7-12-21-13-16/h7,9,12-13,15,17H,3-6,8,10-11,14H2,1-2H3,(H,22,26)/t15-/m0/s1. The van der Waals surface area contributed by atoms with Crippen LogP contribution in [0.1, 0.15) is 64.8 Å². The first kappa shape index (κ1) is 19.9. The molecule has 0 radical (unpaired) electrons. The van der Waals surface area contributed by atoms with Gasteiger partial charge in [0.2, 0.25) is 5.91 Å². The Morgan fingerprint density at radius 3 is 2.89 bits per heavy atom. The molecule has 1 N–H and O–H groups in total. The molecule has 0 bridgehead atoms. The van der Waals surface area contributed by atoms with Gasteiger partial charge in [-0.05, 0) is 38.3 Å². The number of amides is 1.